The summed E-state index contributed by atoms with van der Waals surface area (Å²) < 4.78 is 40.3. The quantitative estimate of drug-likeness (QED) is 0.174. The third-order valence-electron chi connectivity index (χ3n) is 7.21. The number of alkyl halides is 3. The fourth-order valence-electron chi connectivity index (χ4n) is 4.66. The Morgan fingerprint density at radius 2 is 1.80 bits per heavy atom. The van der Waals surface area contributed by atoms with E-state index in [1.54, 1.807) is 42.5 Å². The van der Waals surface area contributed by atoms with Crippen molar-refractivity contribution in [2.24, 2.45) is 11.7 Å². The molecule has 0 aliphatic heterocycles. The van der Waals surface area contributed by atoms with Crippen LogP contribution in [-0.4, -0.2) is 24.2 Å². The van der Waals surface area contributed by atoms with Crippen molar-refractivity contribution in [1.82, 2.24) is 0 Å². The molecule has 0 heterocycles. The molecule has 210 valence electrons. The Labute approximate surface area is 232 Å². The number of nitrogens with one attached hydrogen (secondary N) is 1. The lowest BCUT2D eigenvalue weighted by Crippen LogP contribution is -2.29. The van der Waals surface area contributed by atoms with Gasteiger partial charge in [0, 0.05) is 30.9 Å². The summed E-state index contributed by atoms with van der Waals surface area (Å²) in [7, 11) is 1.53. The molecule has 5 nitrogen and oxygen atoms in total. The Hall–Kier alpha value is -4.04. The molecule has 1 atom stereocenters. The van der Waals surface area contributed by atoms with Crippen molar-refractivity contribution in [3.05, 3.63) is 113 Å². The van der Waals surface area contributed by atoms with Crippen LogP contribution in [0.4, 0.5) is 24.5 Å². The third-order valence-corrected chi connectivity index (χ3v) is 7.21. The van der Waals surface area contributed by atoms with Gasteiger partial charge in [-0.2, -0.15) is 13.2 Å². The summed E-state index contributed by atoms with van der Waals surface area (Å²) in [5, 5.41) is 12.6. The van der Waals surface area contributed by atoms with Crippen molar-refractivity contribution in [2.45, 2.75) is 44.3 Å². The second-order valence-electron chi connectivity index (χ2n) is 10.2. The molecule has 1 saturated carbocycles. The van der Waals surface area contributed by atoms with Crippen molar-refractivity contribution >= 4 is 17.3 Å². The van der Waals surface area contributed by atoms with E-state index < -0.39 is 17.7 Å². The van der Waals surface area contributed by atoms with Crippen molar-refractivity contribution in [1.29, 1.82) is 0 Å². The van der Waals surface area contributed by atoms with E-state index in [2.05, 4.69) is 11.9 Å². The molecule has 4 N–H and O–H groups in total. The molecule has 40 heavy (non-hydrogen) atoms. The number of hydrogen-bond acceptors (Lipinski definition) is 4. The summed E-state index contributed by atoms with van der Waals surface area (Å²) >= 11 is 0. The van der Waals surface area contributed by atoms with Crippen LogP contribution in [0.25, 0.3) is 0 Å². The van der Waals surface area contributed by atoms with Crippen LogP contribution in [0.5, 0.6) is 5.75 Å². The highest BCUT2D eigenvalue weighted by Gasteiger charge is 2.32. The molecule has 1 aliphatic rings. The molecule has 0 saturated heterocycles. The molecule has 1 fully saturated rings. The van der Waals surface area contributed by atoms with Crippen LogP contribution in [-0.2, 0) is 11.3 Å². The molecule has 1 amide bonds. The van der Waals surface area contributed by atoms with E-state index in [9.17, 15) is 23.1 Å². The van der Waals surface area contributed by atoms with E-state index in [0.29, 0.717) is 11.4 Å². The molecule has 0 spiro atoms. The lowest BCUT2D eigenvalue weighted by Gasteiger charge is -2.24. The molecule has 0 bridgehead atoms. The number of rotatable bonds is 11. The Balaban J connectivity index is 1.63. The Morgan fingerprint density at radius 1 is 1.10 bits per heavy atom. The Morgan fingerprint density at radius 3 is 2.45 bits per heavy atom. The molecule has 3 aromatic carbocycles. The zero-order valence-electron chi connectivity index (χ0n) is 22.4. The Bertz CT molecular complexity index is 1380. The highest BCUT2D eigenvalue weighted by atomic mass is 19.4. The number of carbonyl (C=O) groups is 1. The van der Waals surface area contributed by atoms with E-state index in [1.165, 1.54) is 24.8 Å². The van der Waals surface area contributed by atoms with Crippen LogP contribution < -0.4 is 16.0 Å². The number of anilines is 2. The average Bonchev–Trinajstić information content (AvgIpc) is 3.76. The van der Waals surface area contributed by atoms with Crippen LogP contribution in [0.1, 0.15) is 48.3 Å². The monoisotopic (exact) mass is 549 g/mol. The van der Waals surface area contributed by atoms with Crippen molar-refractivity contribution in [3.8, 4) is 5.75 Å². The number of nitrogens with two attached hydrogens (primary N) is 1. The number of carbonyl (C=O) groups excluding carboxylic acids is 1. The number of aromatic hydroxyl groups is 1. The molecule has 1 aliphatic carbocycles. The fourth-order valence-corrected chi connectivity index (χ4v) is 4.66. The number of likely N-dealkylation sites (N-methyl/N-ethyl adjacent to an activating group) is 1. The maximum absolute atomic E-state index is 13.5. The fraction of sp³-hybridized carbons (Fsp3) is 0.281. The van der Waals surface area contributed by atoms with Gasteiger partial charge in [-0.3, -0.25) is 4.79 Å². The van der Waals surface area contributed by atoms with E-state index in [4.69, 9.17) is 5.73 Å². The van der Waals surface area contributed by atoms with Crippen molar-refractivity contribution in [2.75, 3.05) is 17.3 Å². The topological polar surface area (TPSA) is 78.6 Å². The van der Waals surface area contributed by atoms with Gasteiger partial charge in [-0.15, -0.1) is 0 Å². The highest BCUT2D eigenvalue weighted by Crippen LogP contribution is 2.39. The summed E-state index contributed by atoms with van der Waals surface area (Å²) in [5.41, 5.74) is 8.15. The molecular weight excluding hydrogens is 515 g/mol. The second-order valence-corrected chi connectivity index (χ2v) is 10.2. The van der Waals surface area contributed by atoms with Crippen LogP contribution in [0, 0.1) is 5.92 Å². The van der Waals surface area contributed by atoms with E-state index in [1.807, 2.05) is 30.3 Å². The maximum Gasteiger partial charge on any atom is 0.415 e. The van der Waals surface area contributed by atoms with Crippen LogP contribution in [0.15, 0.2) is 96.7 Å². The minimum absolute atomic E-state index is 0.0414. The highest BCUT2D eigenvalue weighted by molar-refractivity contribution is 6.06. The smallest absolute Gasteiger partial charge is 0.415 e. The summed E-state index contributed by atoms with van der Waals surface area (Å²) in [5.74, 6) is 0.249. The number of phenolic OH excluding ortho intramolecular Hbond substituents is 1. The molecule has 1 unspecified atom stereocenters. The summed E-state index contributed by atoms with van der Waals surface area (Å²) in [4.78, 5) is 14.9. The van der Waals surface area contributed by atoms with Gasteiger partial charge in [0.05, 0.1) is 5.57 Å². The third kappa shape index (κ3) is 7.54. The molecule has 0 aromatic heterocycles. The van der Waals surface area contributed by atoms with Gasteiger partial charge in [0.2, 0.25) is 0 Å². The normalized spacial score (nSPS) is 14.5. The van der Waals surface area contributed by atoms with Gasteiger partial charge in [-0.05, 0) is 77.9 Å². The van der Waals surface area contributed by atoms with Gasteiger partial charge in [-0.25, -0.2) is 0 Å². The number of hydrogen-bond donors (Lipinski definition) is 3. The van der Waals surface area contributed by atoms with Gasteiger partial charge in [-0.1, -0.05) is 55.8 Å². The summed E-state index contributed by atoms with van der Waals surface area (Å²) in [6.07, 6.45) is 0.509. The lowest BCUT2D eigenvalue weighted by molar-refractivity contribution is -0.112. The first-order valence-corrected chi connectivity index (χ1v) is 13.3. The van der Waals surface area contributed by atoms with E-state index >= 15 is 0 Å². The van der Waals surface area contributed by atoms with Crippen molar-refractivity contribution in [3.63, 3.8) is 0 Å². The largest absolute Gasteiger partial charge is 0.508 e. The van der Waals surface area contributed by atoms with E-state index in [0.717, 1.165) is 41.5 Å². The molecular formula is C32H34F3N3O2. The van der Waals surface area contributed by atoms with Crippen LogP contribution in [0.3, 0.4) is 0 Å². The first-order chi connectivity index (χ1) is 19.0. The molecule has 8 heteroatoms. The second kappa shape index (κ2) is 12.4. The number of phenols is 1. The minimum Gasteiger partial charge on any atom is -0.508 e. The predicted octanol–water partition coefficient (Wildman–Crippen LogP) is 7.25. The predicted molar refractivity (Wildman–Crippen MR) is 153 cm³/mol. The van der Waals surface area contributed by atoms with Crippen LogP contribution in [0.2, 0.25) is 0 Å². The molecule has 3 aromatic rings. The molecule has 4 rings (SSSR count). The maximum atomic E-state index is 13.5. The molecule has 0 radical (unpaired) electrons. The Kier molecular flexibility index (Phi) is 9.00. The van der Waals surface area contributed by atoms with E-state index in [-0.39, 0.29) is 23.9 Å². The zero-order valence-corrected chi connectivity index (χ0v) is 22.4. The first kappa shape index (κ1) is 29.0. The van der Waals surface area contributed by atoms with Gasteiger partial charge in [0.1, 0.15) is 11.4 Å². The number of nitrogens with zero attached hydrogens (tertiary/aromatic N) is 1. The van der Waals surface area contributed by atoms with Gasteiger partial charge < -0.3 is 21.1 Å². The van der Waals surface area contributed by atoms with Crippen molar-refractivity contribution < 1.29 is 23.1 Å². The number of benzene rings is 3. The standard InChI is InChI=1S/C32H34F3N3O2/c1-21(32(33,34)35)17-30(38(2)27-8-3-5-23(18-27)20-36)31(40)37-26-7-4-6-25(19-26)29(16-11-22-9-10-22)24-12-14-28(39)15-13-24/h3-8,12-15,17-19,22,29,39H,1,9-11,16,20,36H2,2H3,(H,37,40)/b30-17-. The first-order valence-electron chi connectivity index (χ1n) is 13.3. The summed E-state index contributed by atoms with van der Waals surface area (Å²) in [6, 6.07) is 21.4. The SMILES string of the molecule is C=C(/C=C(/C(=O)Nc1cccc(C(CCC2CC2)c2ccc(O)cc2)c1)N(C)c1cccc(CN)c1)C(F)(F)F. The van der Waals surface area contributed by atoms with Gasteiger partial charge in [0.25, 0.3) is 5.91 Å². The average molecular weight is 550 g/mol. The number of amides is 1. The van der Waals surface area contributed by atoms with Crippen LogP contribution >= 0.6 is 0 Å². The lowest BCUT2D eigenvalue weighted by atomic mass is 9.86. The summed E-state index contributed by atoms with van der Waals surface area (Å²) in [6.45, 7) is 3.38. The number of allylic oxidation sites excluding steroid dienone is 2. The minimum atomic E-state index is -4.69. The number of halogens is 3. The van der Waals surface area contributed by atoms with Gasteiger partial charge in [0.15, 0.2) is 0 Å². The van der Waals surface area contributed by atoms with Gasteiger partial charge >= 0.3 is 6.18 Å². The zero-order chi connectivity index (χ0) is 28.9.